The molecule has 0 saturated carbocycles. The molecule has 4 rings (SSSR count). The van der Waals surface area contributed by atoms with Crippen LogP contribution in [0.15, 0.2) is 84.9 Å². The Hall–Kier alpha value is -3.07. The summed E-state index contributed by atoms with van der Waals surface area (Å²) in [5.41, 5.74) is 5.01. The summed E-state index contributed by atoms with van der Waals surface area (Å²) in [7, 11) is 0. The van der Waals surface area contributed by atoms with Crippen molar-refractivity contribution in [2.45, 2.75) is 18.8 Å². The number of rotatable bonds is 4. The molecule has 0 N–H and O–H groups in total. The second kappa shape index (κ2) is 8.30. The SMILES string of the molecule is O=C([O-])N1CCC(C(c2ccccc2)c2ccc(-c3ccccc3)cc2)CC1. The van der Waals surface area contributed by atoms with Crippen LogP contribution in [-0.4, -0.2) is 24.1 Å². The minimum Gasteiger partial charge on any atom is -0.530 e. The molecule has 1 heterocycles. The molecule has 1 aliphatic heterocycles. The van der Waals surface area contributed by atoms with E-state index in [0.29, 0.717) is 19.0 Å². The Morgan fingerprint density at radius 3 is 1.82 bits per heavy atom. The highest BCUT2D eigenvalue weighted by Crippen LogP contribution is 2.38. The third-order valence-electron chi connectivity index (χ3n) is 5.80. The highest BCUT2D eigenvalue weighted by atomic mass is 16.4. The van der Waals surface area contributed by atoms with Crippen LogP contribution in [0.4, 0.5) is 4.79 Å². The summed E-state index contributed by atoms with van der Waals surface area (Å²) in [6.07, 6.45) is 0.657. The van der Waals surface area contributed by atoms with Crippen LogP contribution >= 0.6 is 0 Å². The molecule has 1 saturated heterocycles. The lowest BCUT2D eigenvalue weighted by molar-refractivity contribution is -0.266. The maximum atomic E-state index is 11.2. The maximum Gasteiger partial charge on any atom is 0.136 e. The summed E-state index contributed by atoms with van der Waals surface area (Å²) in [4.78, 5) is 12.6. The van der Waals surface area contributed by atoms with E-state index in [1.165, 1.54) is 27.2 Å². The van der Waals surface area contributed by atoms with Gasteiger partial charge in [0.05, 0.1) is 0 Å². The third-order valence-corrected chi connectivity index (χ3v) is 5.80. The van der Waals surface area contributed by atoms with Gasteiger partial charge >= 0.3 is 0 Å². The fourth-order valence-corrected chi connectivity index (χ4v) is 4.33. The Balaban J connectivity index is 1.62. The molecule has 28 heavy (non-hydrogen) atoms. The van der Waals surface area contributed by atoms with E-state index in [1.807, 2.05) is 12.1 Å². The third kappa shape index (κ3) is 3.94. The Labute approximate surface area is 166 Å². The summed E-state index contributed by atoms with van der Waals surface area (Å²) in [6, 6.07) is 29.8. The highest BCUT2D eigenvalue weighted by Gasteiger charge is 2.28. The quantitative estimate of drug-likeness (QED) is 0.677. The fraction of sp³-hybridized carbons (Fsp3) is 0.240. The molecule has 0 aromatic heterocycles. The van der Waals surface area contributed by atoms with Gasteiger partial charge in [0.25, 0.3) is 0 Å². The van der Waals surface area contributed by atoms with Gasteiger partial charge < -0.3 is 14.8 Å². The lowest BCUT2D eigenvalue weighted by Gasteiger charge is -2.37. The van der Waals surface area contributed by atoms with E-state index in [1.54, 1.807) is 0 Å². The zero-order chi connectivity index (χ0) is 19.3. The first-order chi connectivity index (χ1) is 13.7. The van der Waals surface area contributed by atoms with Gasteiger partial charge in [-0.15, -0.1) is 0 Å². The maximum absolute atomic E-state index is 11.2. The van der Waals surface area contributed by atoms with Crippen molar-refractivity contribution in [3.05, 3.63) is 96.1 Å². The van der Waals surface area contributed by atoms with Crippen LogP contribution in [0.2, 0.25) is 0 Å². The zero-order valence-electron chi connectivity index (χ0n) is 15.8. The number of amides is 1. The highest BCUT2D eigenvalue weighted by molar-refractivity contribution is 5.64. The van der Waals surface area contributed by atoms with Crippen LogP contribution in [0.1, 0.15) is 29.9 Å². The van der Waals surface area contributed by atoms with E-state index >= 15 is 0 Å². The lowest BCUT2D eigenvalue weighted by Crippen LogP contribution is -2.46. The van der Waals surface area contributed by atoms with Gasteiger partial charge in [-0.1, -0.05) is 84.9 Å². The molecule has 1 aliphatic rings. The summed E-state index contributed by atoms with van der Waals surface area (Å²) < 4.78 is 0. The summed E-state index contributed by atoms with van der Waals surface area (Å²) in [5, 5.41) is 11.2. The summed E-state index contributed by atoms with van der Waals surface area (Å²) in [6.45, 7) is 1.11. The van der Waals surface area contributed by atoms with Gasteiger partial charge in [-0.2, -0.15) is 0 Å². The van der Waals surface area contributed by atoms with E-state index in [-0.39, 0.29) is 5.92 Å². The van der Waals surface area contributed by atoms with Gasteiger partial charge in [0.15, 0.2) is 0 Å². The Morgan fingerprint density at radius 1 is 0.750 bits per heavy atom. The minimum absolute atomic E-state index is 0.273. The van der Waals surface area contributed by atoms with Crippen LogP contribution < -0.4 is 5.11 Å². The second-order valence-electron chi connectivity index (χ2n) is 7.47. The van der Waals surface area contributed by atoms with Gasteiger partial charge in [-0.25, -0.2) is 0 Å². The van der Waals surface area contributed by atoms with Crippen molar-refractivity contribution in [2.75, 3.05) is 13.1 Å². The zero-order valence-corrected chi connectivity index (χ0v) is 15.8. The van der Waals surface area contributed by atoms with Crippen LogP contribution in [-0.2, 0) is 0 Å². The van der Waals surface area contributed by atoms with Crippen molar-refractivity contribution < 1.29 is 9.90 Å². The average molecular weight is 370 g/mol. The fourth-order valence-electron chi connectivity index (χ4n) is 4.33. The van der Waals surface area contributed by atoms with Crippen LogP contribution in [0, 0.1) is 5.92 Å². The lowest BCUT2D eigenvalue weighted by atomic mass is 9.76. The van der Waals surface area contributed by atoms with Crippen molar-refractivity contribution >= 4 is 6.09 Å². The predicted octanol–water partition coefficient (Wildman–Crippen LogP) is 4.54. The van der Waals surface area contributed by atoms with Crippen LogP contribution in [0.3, 0.4) is 0 Å². The molecular weight excluding hydrogens is 346 g/mol. The average Bonchev–Trinajstić information content (AvgIpc) is 2.76. The first-order valence-electron chi connectivity index (χ1n) is 9.88. The predicted molar refractivity (Wildman–Crippen MR) is 110 cm³/mol. The molecule has 1 unspecified atom stereocenters. The van der Waals surface area contributed by atoms with E-state index in [2.05, 4.69) is 72.8 Å². The number of hydrogen-bond acceptors (Lipinski definition) is 2. The first kappa shape index (κ1) is 18.3. The number of carboxylic acid groups (broad SMARTS) is 1. The number of carbonyl (C=O) groups is 1. The molecule has 3 nitrogen and oxygen atoms in total. The van der Waals surface area contributed by atoms with E-state index in [0.717, 1.165) is 12.8 Å². The second-order valence-corrected chi connectivity index (χ2v) is 7.47. The minimum atomic E-state index is -1.05. The van der Waals surface area contributed by atoms with Gasteiger partial charge in [0.1, 0.15) is 6.09 Å². The molecule has 3 aromatic rings. The molecule has 0 aliphatic carbocycles. The van der Waals surface area contributed by atoms with E-state index in [9.17, 15) is 9.90 Å². The van der Waals surface area contributed by atoms with Gasteiger partial charge in [0.2, 0.25) is 0 Å². The molecular formula is C25H24NO2-. The normalized spacial score (nSPS) is 15.9. The number of nitrogens with zero attached hydrogens (tertiary/aromatic N) is 1. The summed E-state index contributed by atoms with van der Waals surface area (Å²) in [5.74, 6) is 0.690. The molecule has 3 heteroatoms. The van der Waals surface area contributed by atoms with Crippen molar-refractivity contribution in [3.63, 3.8) is 0 Å². The largest absolute Gasteiger partial charge is 0.530 e. The first-order valence-corrected chi connectivity index (χ1v) is 9.88. The standard InChI is InChI=1S/C25H25NO2/c27-25(28)26-17-15-23(16-18-26)24(21-9-5-2-6-10-21)22-13-11-20(12-14-22)19-7-3-1-4-8-19/h1-14,23-24H,15-18H2,(H,27,28)/p-1. The van der Waals surface area contributed by atoms with Gasteiger partial charge in [0, 0.05) is 19.0 Å². The number of benzene rings is 3. The molecule has 1 fully saturated rings. The number of carbonyl (C=O) groups excluding carboxylic acids is 1. The number of likely N-dealkylation sites (tertiary alicyclic amines) is 1. The molecule has 1 atom stereocenters. The Kier molecular flexibility index (Phi) is 5.43. The number of piperidine rings is 1. The van der Waals surface area contributed by atoms with Crippen LogP contribution in [0.25, 0.3) is 11.1 Å². The van der Waals surface area contributed by atoms with Crippen molar-refractivity contribution in [1.82, 2.24) is 4.90 Å². The molecule has 142 valence electrons. The smallest absolute Gasteiger partial charge is 0.136 e. The molecule has 3 aromatic carbocycles. The molecule has 1 amide bonds. The van der Waals surface area contributed by atoms with E-state index in [4.69, 9.17) is 0 Å². The van der Waals surface area contributed by atoms with Crippen molar-refractivity contribution in [2.24, 2.45) is 5.92 Å². The molecule has 0 spiro atoms. The Morgan fingerprint density at radius 2 is 1.25 bits per heavy atom. The Bertz CT molecular complexity index is 898. The molecule has 0 bridgehead atoms. The van der Waals surface area contributed by atoms with E-state index < -0.39 is 6.09 Å². The van der Waals surface area contributed by atoms with Crippen LogP contribution in [0.5, 0.6) is 0 Å². The number of hydrogen-bond donors (Lipinski definition) is 0. The van der Waals surface area contributed by atoms with Gasteiger partial charge in [-0.05, 0) is 41.0 Å². The molecule has 0 radical (unpaired) electrons. The van der Waals surface area contributed by atoms with Crippen molar-refractivity contribution in [1.29, 1.82) is 0 Å². The summed E-state index contributed by atoms with van der Waals surface area (Å²) >= 11 is 0. The monoisotopic (exact) mass is 370 g/mol. The van der Waals surface area contributed by atoms with Gasteiger partial charge in [-0.3, -0.25) is 0 Å². The van der Waals surface area contributed by atoms with Crippen molar-refractivity contribution in [3.8, 4) is 11.1 Å². The topological polar surface area (TPSA) is 43.4 Å².